The van der Waals surface area contributed by atoms with Crippen molar-refractivity contribution >= 4 is 5.97 Å². The Balaban J connectivity index is 3.04. The molecule has 1 N–H and O–H groups in total. The zero-order valence-electron chi connectivity index (χ0n) is 8.79. The molecular formula is C9H5F6NO3. The van der Waals surface area contributed by atoms with E-state index >= 15 is 0 Å². The fraction of sp³-hybridized carbons (Fsp3) is 0.333. The number of hydrogen-bond donors (Lipinski definition) is 1. The summed E-state index contributed by atoms with van der Waals surface area (Å²) in [5.41, 5.74) is -0.548. The topological polar surface area (TPSA) is 59.4 Å². The quantitative estimate of drug-likeness (QED) is 0.869. The smallest absolute Gasteiger partial charge is 0.434 e. The van der Waals surface area contributed by atoms with E-state index in [1.165, 1.54) is 0 Å². The van der Waals surface area contributed by atoms with Gasteiger partial charge in [0.15, 0.2) is 0 Å². The molecule has 19 heavy (non-hydrogen) atoms. The Kier molecular flexibility index (Phi) is 3.91. The Bertz CT molecular complexity index is 456. The number of alkyl halides is 6. The fourth-order valence-corrected chi connectivity index (χ4v) is 1.05. The maximum atomic E-state index is 12.2. The van der Waals surface area contributed by atoms with Crippen molar-refractivity contribution in [2.75, 3.05) is 0 Å². The molecular weight excluding hydrogens is 284 g/mol. The Labute approximate surface area is 101 Å². The first-order valence-corrected chi connectivity index (χ1v) is 4.51. The molecule has 0 aliphatic carbocycles. The SMILES string of the molecule is O=C(O)c1ccnc(OC(C(F)(F)F)C(F)(F)F)c1. The van der Waals surface area contributed by atoms with Gasteiger partial charge >= 0.3 is 18.3 Å². The van der Waals surface area contributed by atoms with E-state index in [1.807, 2.05) is 0 Å². The Morgan fingerprint density at radius 3 is 2.16 bits per heavy atom. The lowest BCUT2D eigenvalue weighted by Crippen LogP contribution is -2.46. The Morgan fingerprint density at radius 1 is 1.21 bits per heavy atom. The number of halogens is 6. The Morgan fingerprint density at radius 2 is 1.74 bits per heavy atom. The van der Waals surface area contributed by atoms with E-state index in [2.05, 4.69) is 9.72 Å². The van der Waals surface area contributed by atoms with Crippen LogP contribution < -0.4 is 4.74 Å². The molecule has 0 aromatic carbocycles. The number of aromatic carboxylic acids is 1. The van der Waals surface area contributed by atoms with Crippen LogP contribution in [-0.2, 0) is 0 Å². The van der Waals surface area contributed by atoms with Crippen molar-refractivity contribution in [1.29, 1.82) is 0 Å². The third-order valence-electron chi connectivity index (χ3n) is 1.81. The van der Waals surface area contributed by atoms with Crippen molar-refractivity contribution < 1.29 is 41.0 Å². The highest BCUT2D eigenvalue weighted by Crippen LogP contribution is 2.36. The van der Waals surface area contributed by atoms with Crippen molar-refractivity contribution in [1.82, 2.24) is 4.98 Å². The fourth-order valence-electron chi connectivity index (χ4n) is 1.05. The van der Waals surface area contributed by atoms with Gasteiger partial charge in [-0.15, -0.1) is 0 Å². The monoisotopic (exact) mass is 289 g/mol. The van der Waals surface area contributed by atoms with E-state index in [-0.39, 0.29) is 0 Å². The predicted octanol–water partition coefficient (Wildman–Crippen LogP) is 2.65. The number of nitrogens with zero attached hydrogens (tertiary/aromatic N) is 1. The van der Waals surface area contributed by atoms with Crippen LogP contribution >= 0.6 is 0 Å². The molecule has 0 spiro atoms. The van der Waals surface area contributed by atoms with E-state index in [4.69, 9.17) is 5.11 Å². The third kappa shape index (κ3) is 4.00. The number of aromatic nitrogens is 1. The maximum absolute atomic E-state index is 12.2. The molecule has 0 aliphatic heterocycles. The summed E-state index contributed by atoms with van der Waals surface area (Å²) in [5, 5.41) is 8.54. The summed E-state index contributed by atoms with van der Waals surface area (Å²) in [5.74, 6) is -2.62. The normalized spacial score (nSPS) is 12.6. The minimum Gasteiger partial charge on any atom is -0.478 e. The number of hydrogen-bond acceptors (Lipinski definition) is 3. The lowest BCUT2D eigenvalue weighted by atomic mass is 10.2. The van der Waals surface area contributed by atoms with Gasteiger partial charge in [-0.2, -0.15) is 26.3 Å². The molecule has 10 heteroatoms. The number of rotatable bonds is 3. The molecule has 0 radical (unpaired) electrons. The molecule has 0 unspecified atom stereocenters. The summed E-state index contributed by atoms with van der Waals surface area (Å²) in [6, 6.07) is 1.36. The van der Waals surface area contributed by atoms with Crippen LogP contribution in [0.25, 0.3) is 0 Å². The molecule has 106 valence electrons. The Hall–Kier alpha value is -2.00. The summed E-state index contributed by atoms with van der Waals surface area (Å²) >= 11 is 0. The lowest BCUT2D eigenvalue weighted by Gasteiger charge is -2.23. The van der Waals surface area contributed by atoms with Gasteiger partial charge in [0.1, 0.15) is 0 Å². The minimum atomic E-state index is -5.70. The second-order valence-corrected chi connectivity index (χ2v) is 3.27. The van der Waals surface area contributed by atoms with Gasteiger partial charge in [0.25, 0.3) is 6.10 Å². The summed E-state index contributed by atoms with van der Waals surface area (Å²) in [6.45, 7) is 0. The van der Waals surface area contributed by atoms with Crippen LogP contribution in [0, 0.1) is 0 Å². The average Bonchev–Trinajstić information content (AvgIpc) is 2.23. The highest BCUT2D eigenvalue weighted by Gasteiger charge is 2.59. The number of ether oxygens (including phenoxy) is 1. The van der Waals surface area contributed by atoms with Crippen LogP contribution in [0.3, 0.4) is 0 Å². The van der Waals surface area contributed by atoms with Gasteiger partial charge in [-0.3, -0.25) is 0 Å². The molecule has 1 heterocycles. The zero-order valence-corrected chi connectivity index (χ0v) is 8.79. The highest BCUT2D eigenvalue weighted by atomic mass is 19.4. The molecule has 0 bridgehead atoms. The van der Waals surface area contributed by atoms with Gasteiger partial charge in [0.05, 0.1) is 5.56 Å². The molecule has 1 aromatic rings. The second-order valence-electron chi connectivity index (χ2n) is 3.27. The number of carbonyl (C=O) groups is 1. The lowest BCUT2D eigenvalue weighted by molar-refractivity contribution is -0.300. The van der Waals surface area contributed by atoms with E-state index < -0.39 is 35.9 Å². The summed E-state index contributed by atoms with van der Waals surface area (Å²) < 4.78 is 76.7. The summed E-state index contributed by atoms with van der Waals surface area (Å²) in [7, 11) is 0. The molecule has 1 rings (SSSR count). The van der Waals surface area contributed by atoms with Gasteiger partial charge in [-0.25, -0.2) is 9.78 Å². The van der Waals surface area contributed by atoms with Gasteiger partial charge in [-0.1, -0.05) is 0 Å². The van der Waals surface area contributed by atoms with Gasteiger partial charge in [0, 0.05) is 12.3 Å². The number of pyridine rings is 1. The summed E-state index contributed by atoms with van der Waals surface area (Å²) in [4.78, 5) is 13.6. The van der Waals surface area contributed by atoms with E-state index in [1.54, 1.807) is 0 Å². The van der Waals surface area contributed by atoms with Crippen molar-refractivity contribution in [2.24, 2.45) is 0 Å². The zero-order chi connectivity index (χ0) is 14.8. The van der Waals surface area contributed by atoms with Gasteiger partial charge in [0.2, 0.25) is 5.88 Å². The first-order chi connectivity index (χ1) is 8.51. The van der Waals surface area contributed by atoms with E-state index in [0.29, 0.717) is 6.07 Å². The highest BCUT2D eigenvalue weighted by molar-refractivity contribution is 5.87. The molecule has 0 aliphatic rings. The van der Waals surface area contributed by atoms with Crippen LogP contribution in [-0.4, -0.2) is 34.5 Å². The minimum absolute atomic E-state index is 0.465. The molecule has 1 aromatic heterocycles. The van der Waals surface area contributed by atoms with Gasteiger partial charge in [-0.05, 0) is 6.07 Å². The van der Waals surface area contributed by atoms with Crippen LogP contribution in [0.15, 0.2) is 18.3 Å². The average molecular weight is 289 g/mol. The largest absolute Gasteiger partial charge is 0.478 e. The van der Waals surface area contributed by atoms with E-state index in [9.17, 15) is 31.1 Å². The van der Waals surface area contributed by atoms with Crippen molar-refractivity contribution in [3.63, 3.8) is 0 Å². The third-order valence-corrected chi connectivity index (χ3v) is 1.81. The van der Waals surface area contributed by atoms with Crippen LogP contribution in [0.4, 0.5) is 26.3 Å². The maximum Gasteiger partial charge on any atom is 0.434 e. The number of carboxylic acid groups (broad SMARTS) is 1. The first-order valence-electron chi connectivity index (χ1n) is 4.51. The molecule has 0 saturated heterocycles. The van der Waals surface area contributed by atoms with Gasteiger partial charge < -0.3 is 9.84 Å². The summed E-state index contributed by atoms with van der Waals surface area (Å²) in [6.07, 6.45) is -14.7. The molecule has 4 nitrogen and oxygen atoms in total. The first kappa shape index (κ1) is 15.1. The van der Waals surface area contributed by atoms with Crippen molar-refractivity contribution in [3.05, 3.63) is 23.9 Å². The molecule has 0 fully saturated rings. The van der Waals surface area contributed by atoms with Crippen LogP contribution in [0.1, 0.15) is 10.4 Å². The van der Waals surface area contributed by atoms with Crippen molar-refractivity contribution in [2.45, 2.75) is 18.5 Å². The molecule has 0 amide bonds. The predicted molar refractivity (Wildman–Crippen MR) is 47.7 cm³/mol. The van der Waals surface area contributed by atoms with Crippen LogP contribution in [0.5, 0.6) is 5.88 Å². The number of carboxylic acids is 1. The van der Waals surface area contributed by atoms with Crippen LogP contribution in [0.2, 0.25) is 0 Å². The molecule has 0 atom stereocenters. The second kappa shape index (κ2) is 4.94. The van der Waals surface area contributed by atoms with Crippen molar-refractivity contribution in [3.8, 4) is 5.88 Å². The molecule has 0 saturated carbocycles. The standard InChI is InChI=1S/C9H5F6NO3/c10-8(11,12)7(9(13,14)15)19-5-3-4(6(17)18)1-2-16-5/h1-3,7H,(H,17,18). The van der Waals surface area contributed by atoms with E-state index in [0.717, 1.165) is 12.3 Å².